The smallest absolute Gasteiger partial charge is 0.255 e. The molecule has 1 unspecified atom stereocenters. The molecule has 10 heteroatoms. The first-order valence-corrected chi connectivity index (χ1v) is 25.8. The molecule has 6 aromatic rings. The molecular weight excluding hydrogens is 893 g/mol. The molecule has 0 bridgehead atoms. The van der Waals surface area contributed by atoms with Crippen LogP contribution in [0.5, 0.6) is 11.6 Å². The Bertz CT molecular complexity index is 2890. The number of ether oxygens (including phenoxy) is 1. The van der Waals surface area contributed by atoms with Gasteiger partial charge in [0.25, 0.3) is 5.91 Å². The molecule has 1 amide bonds. The van der Waals surface area contributed by atoms with E-state index in [2.05, 4.69) is 123 Å². The quantitative estimate of drug-likeness (QED) is 0.103. The van der Waals surface area contributed by atoms with Crippen molar-refractivity contribution in [3.8, 4) is 22.9 Å². The molecule has 3 aliphatic heterocycles. The third kappa shape index (κ3) is 12.7. The summed E-state index contributed by atoms with van der Waals surface area (Å²) in [4.78, 5) is 36.2. The SMILES string of the molecule is C=C(C)c1cc(C)c(C)n1C.C=C(Cc1ccc(OCCC2CC[N+](C)(C)CC2)nc1)N1CCc2cc(-c3cc(C(C)=O)c(C)n3C)c(C(=O)N3Cc4ccccc4CC3C)cc2C1.Cc1ccc(O)cc1. The molecule has 3 aromatic heterocycles. The molecule has 0 radical (unpaired) electrons. The van der Waals surface area contributed by atoms with E-state index in [0.29, 0.717) is 48.9 Å². The van der Waals surface area contributed by atoms with Gasteiger partial charge in [0.2, 0.25) is 5.88 Å². The molecule has 1 atom stereocenters. The summed E-state index contributed by atoms with van der Waals surface area (Å²) >= 11 is 0. The number of quaternary nitrogens is 1. The van der Waals surface area contributed by atoms with E-state index in [1.54, 1.807) is 19.1 Å². The van der Waals surface area contributed by atoms with E-state index in [0.717, 1.165) is 75.6 Å². The van der Waals surface area contributed by atoms with E-state index in [1.165, 1.54) is 65.1 Å². The lowest BCUT2D eigenvalue weighted by Gasteiger charge is -2.37. The summed E-state index contributed by atoms with van der Waals surface area (Å²) in [6, 6.07) is 28.1. The highest BCUT2D eigenvalue weighted by atomic mass is 16.5. The van der Waals surface area contributed by atoms with Crippen molar-refractivity contribution in [1.29, 1.82) is 0 Å². The number of hydrogen-bond acceptors (Lipinski definition) is 6. The molecular formula is C62H79N6O4+. The van der Waals surface area contributed by atoms with Gasteiger partial charge in [-0.15, -0.1) is 0 Å². The molecule has 3 aliphatic rings. The van der Waals surface area contributed by atoms with Crippen molar-refractivity contribution < 1.29 is 23.9 Å². The van der Waals surface area contributed by atoms with Crippen molar-refractivity contribution in [2.75, 3.05) is 40.3 Å². The number of amides is 1. The van der Waals surface area contributed by atoms with Gasteiger partial charge in [-0.2, -0.15) is 0 Å². The maximum absolute atomic E-state index is 14.7. The van der Waals surface area contributed by atoms with Crippen LogP contribution in [-0.4, -0.2) is 91.6 Å². The average molecular weight is 972 g/mol. The van der Waals surface area contributed by atoms with Crippen molar-refractivity contribution in [3.63, 3.8) is 0 Å². The highest BCUT2D eigenvalue weighted by molar-refractivity contribution is 6.03. The highest BCUT2D eigenvalue weighted by Crippen LogP contribution is 2.36. The first-order chi connectivity index (χ1) is 34.2. The summed E-state index contributed by atoms with van der Waals surface area (Å²) in [5.41, 5.74) is 17.3. The van der Waals surface area contributed by atoms with Gasteiger partial charge < -0.3 is 33.3 Å². The van der Waals surface area contributed by atoms with E-state index in [1.807, 2.05) is 63.2 Å². The molecule has 10 nitrogen and oxygen atoms in total. The zero-order valence-electron chi connectivity index (χ0n) is 45.1. The second-order valence-electron chi connectivity index (χ2n) is 21.4. The number of likely N-dealkylation sites (tertiary alicyclic amines) is 1. The Kier molecular flexibility index (Phi) is 16.9. The molecule has 3 aromatic carbocycles. The minimum atomic E-state index is 0.0271. The molecule has 1 fully saturated rings. The third-order valence-corrected chi connectivity index (χ3v) is 15.5. The van der Waals surface area contributed by atoms with Crippen LogP contribution in [0.4, 0.5) is 0 Å². The fraction of sp³-hybridized carbons (Fsp3) is 0.403. The number of allylic oxidation sites excluding steroid dienone is 2. The minimum absolute atomic E-state index is 0.0271. The Morgan fingerprint density at radius 2 is 1.50 bits per heavy atom. The van der Waals surface area contributed by atoms with Crippen LogP contribution in [-0.2, 0) is 46.4 Å². The number of aryl methyl sites for hydroxylation is 2. The first-order valence-electron chi connectivity index (χ1n) is 25.8. The first kappa shape index (κ1) is 53.2. The topological polar surface area (TPSA) is 92.8 Å². The predicted molar refractivity (Wildman–Crippen MR) is 293 cm³/mol. The number of aromatic nitrogens is 3. The van der Waals surface area contributed by atoms with Gasteiger partial charge in [-0.3, -0.25) is 9.59 Å². The van der Waals surface area contributed by atoms with Crippen LogP contribution >= 0.6 is 0 Å². The summed E-state index contributed by atoms with van der Waals surface area (Å²) in [6.45, 7) is 27.7. The summed E-state index contributed by atoms with van der Waals surface area (Å²) in [7, 11) is 8.70. The summed E-state index contributed by atoms with van der Waals surface area (Å²) in [5, 5.41) is 8.76. The monoisotopic (exact) mass is 972 g/mol. The number of ketones is 1. The molecule has 0 aliphatic carbocycles. The van der Waals surface area contributed by atoms with Crippen molar-refractivity contribution in [3.05, 3.63) is 177 Å². The number of benzene rings is 3. The highest BCUT2D eigenvalue weighted by Gasteiger charge is 2.32. The fourth-order valence-corrected chi connectivity index (χ4v) is 10.4. The Balaban J connectivity index is 0.000000333. The Morgan fingerprint density at radius 3 is 2.08 bits per heavy atom. The standard InChI is InChI=1S/C45H56N5O3.C10H15N.C7H8O/c1-30(22-35-12-13-44(46-27-35)53-21-17-34-15-19-50(6,7)20-16-34)48-18-14-37-24-41(43-26-40(33(4)51)32(3)47(43)5)42(25-39(37)28-48)45(52)49-29-38-11-9-8-10-36(38)23-31(49)2;1-7(2)10-6-8(3)9(4)11(10)5;1-6-2-4-7(8)5-3-6/h8-13,24-27,31,34H,1,14-23,28-29H2,2-7H3;6H,1H2,2-5H3;2-5,8H,1H3/q+1;;. The molecule has 1 N–H and O–H groups in total. The number of aromatic hydroxyl groups is 1. The van der Waals surface area contributed by atoms with Crippen molar-refractivity contribution in [2.45, 2.75) is 106 Å². The number of fused-ring (bicyclic) bond motifs is 2. The normalized spacial score (nSPS) is 16.1. The number of piperidine rings is 1. The number of rotatable bonds is 11. The largest absolute Gasteiger partial charge is 0.508 e. The molecule has 0 spiro atoms. The molecule has 6 heterocycles. The van der Waals surface area contributed by atoms with Gasteiger partial charge in [0, 0.05) is 104 Å². The number of Topliss-reactive ketones (excluding diaryl/α,β-unsaturated/α-hetero) is 1. The molecule has 9 rings (SSSR count). The number of carbonyl (C=O) groups is 2. The van der Waals surface area contributed by atoms with Crippen LogP contribution in [0.1, 0.15) is 117 Å². The van der Waals surface area contributed by atoms with Gasteiger partial charge in [0.1, 0.15) is 5.75 Å². The van der Waals surface area contributed by atoms with Crippen molar-refractivity contribution in [1.82, 2.24) is 23.9 Å². The zero-order valence-corrected chi connectivity index (χ0v) is 45.1. The third-order valence-electron chi connectivity index (χ3n) is 15.5. The summed E-state index contributed by atoms with van der Waals surface area (Å²) in [6.07, 6.45) is 7.90. The Labute approximate surface area is 429 Å². The average Bonchev–Trinajstić information content (AvgIpc) is 3.81. The van der Waals surface area contributed by atoms with Crippen LogP contribution in [0, 0.1) is 33.6 Å². The van der Waals surface area contributed by atoms with Gasteiger partial charge >= 0.3 is 0 Å². The van der Waals surface area contributed by atoms with E-state index in [-0.39, 0.29) is 17.7 Å². The van der Waals surface area contributed by atoms with Gasteiger partial charge in [0.05, 0.1) is 33.8 Å². The van der Waals surface area contributed by atoms with Gasteiger partial charge in [-0.25, -0.2) is 4.98 Å². The lowest BCUT2D eigenvalue weighted by atomic mass is 9.89. The van der Waals surface area contributed by atoms with Crippen LogP contribution in [0.15, 0.2) is 110 Å². The summed E-state index contributed by atoms with van der Waals surface area (Å²) < 4.78 is 11.4. The maximum atomic E-state index is 14.7. The summed E-state index contributed by atoms with van der Waals surface area (Å²) in [5.74, 6) is 1.81. The van der Waals surface area contributed by atoms with Crippen molar-refractivity contribution in [2.24, 2.45) is 20.0 Å². The predicted octanol–water partition coefficient (Wildman–Crippen LogP) is 11.9. The van der Waals surface area contributed by atoms with Gasteiger partial charge in [-0.05, 0) is 162 Å². The lowest BCUT2D eigenvalue weighted by Crippen LogP contribution is -2.46. The molecule has 72 heavy (non-hydrogen) atoms. The lowest BCUT2D eigenvalue weighted by molar-refractivity contribution is -0.896. The van der Waals surface area contributed by atoms with Crippen LogP contribution in [0.25, 0.3) is 16.8 Å². The second-order valence-corrected chi connectivity index (χ2v) is 21.4. The Hall–Kier alpha value is -6.65. The number of nitrogens with zero attached hydrogens (tertiary/aromatic N) is 6. The van der Waals surface area contributed by atoms with E-state index in [4.69, 9.17) is 9.84 Å². The van der Waals surface area contributed by atoms with Crippen LogP contribution < -0.4 is 4.74 Å². The van der Waals surface area contributed by atoms with Crippen LogP contribution in [0.3, 0.4) is 0 Å². The minimum Gasteiger partial charge on any atom is -0.508 e. The molecule has 380 valence electrons. The molecule has 0 saturated carbocycles. The number of hydrogen-bond donors (Lipinski definition) is 1. The second kappa shape index (κ2) is 22.8. The Morgan fingerprint density at radius 1 is 0.806 bits per heavy atom. The maximum Gasteiger partial charge on any atom is 0.255 e. The number of phenolic OH excluding ortho intramolecular Hbond substituents is 1. The zero-order chi connectivity index (χ0) is 52.0. The fourth-order valence-electron chi connectivity index (χ4n) is 10.4. The van der Waals surface area contributed by atoms with E-state index >= 15 is 0 Å². The number of carbonyl (C=O) groups excluding carboxylic acids is 2. The van der Waals surface area contributed by atoms with Gasteiger partial charge in [-0.1, -0.05) is 61.2 Å². The number of pyridine rings is 1. The van der Waals surface area contributed by atoms with Crippen molar-refractivity contribution >= 4 is 17.3 Å². The van der Waals surface area contributed by atoms with Crippen LogP contribution in [0.2, 0.25) is 0 Å². The van der Waals surface area contributed by atoms with Gasteiger partial charge in [0.15, 0.2) is 5.78 Å². The van der Waals surface area contributed by atoms with E-state index in [9.17, 15) is 9.59 Å². The van der Waals surface area contributed by atoms with E-state index < -0.39 is 0 Å². The molecule has 1 saturated heterocycles. The number of phenols is 1.